The molecule has 0 radical (unpaired) electrons. The maximum Gasteiger partial charge on any atom is 0.410 e. The number of hydrogen-bond donors (Lipinski definition) is 0. The van der Waals surface area contributed by atoms with E-state index >= 15 is 0 Å². The molecule has 32 heavy (non-hydrogen) atoms. The minimum absolute atomic E-state index is 0.0376. The van der Waals surface area contributed by atoms with Crippen LogP contribution in [0.1, 0.15) is 60.7 Å². The van der Waals surface area contributed by atoms with E-state index in [1.807, 2.05) is 30.0 Å². The van der Waals surface area contributed by atoms with Gasteiger partial charge in [0.1, 0.15) is 5.60 Å². The number of carbonyl (C=O) groups is 2. The number of ether oxygens (including phenoxy) is 1. The normalized spacial score (nSPS) is 18.2. The Morgan fingerprint density at radius 2 is 1.75 bits per heavy atom. The first kappa shape index (κ1) is 22.8. The van der Waals surface area contributed by atoms with Gasteiger partial charge in [-0.25, -0.2) is 4.79 Å². The van der Waals surface area contributed by atoms with Crippen molar-refractivity contribution in [3.8, 4) is 0 Å². The van der Waals surface area contributed by atoms with Gasteiger partial charge in [0.05, 0.1) is 6.54 Å². The average molecular weight is 499 g/mol. The van der Waals surface area contributed by atoms with Crippen molar-refractivity contribution in [2.45, 2.75) is 58.1 Å². The Kier molecular flexibility index (Phi) is 6.10. The van der Waals surface area contributed by atoms with Gasteiger partial charge in [-0.2, -0.15) is 0 Å². The van der Waals surface area contributed by atoms with Gasteiger partial charge in [-0.05, 0) is 47.2 Å². The second-order valence-electron chi connectivity index (χ2n) is 10.1. The molecule has 5 nitrogen and oxygen atoms in total. The number of rotatable bonds is 3. The molecule has 170 valence electrons. The summed E-state index contributed by atoms with van der Waals surface area (Å²) in [5.74, 6) is 0.0376. The van der Waals surface area contributed by atoms with Gasteiger partial charge in [-0.3, -0.25) is 9.69 Å². The average Bonchev–Trinajstić information content (AvgIpc) is 3.04. The molecule has 2 amide bonds. The summed E-state index contributed by atoms with van der Waals surface area (Å²) in [4.78, 5) is 29.2. The Morgan fingerprint density at radius 3 is 2.34 bits per heavy atom. The lowest BCUT2D eigenvalue weighted by atomic mass is 9.86. The molecule has 1 spiro atoms. The van der Waals surface area contributed by atoms with Crippen LogP contribution >= 0.6 is 15.9 Å². The molecule has 4 rings (SSSR count). The summed E-state index contributed by atoms with van der Waals surface area (Å²) in [7, 11) is 0. The van der Waals surface area contributed by atoms with Crippen LogP contribution in [0, 0.1) is 6.92 Å². The first-order valence-electron chi connectivity index (χ1n) is 11.2. The van der Waals surface area contributed by atoms with Crippen LogP contribution in [0.5, 0.6) is 0 Å². The van der Waals surface area contributed by atoms with Crippen molar-refractivity contribution in [1.82, 2.24) is 9.80 Å². The molecule has 2 aliphatic heterocycles. The maximum absolute atomic E-state index is 12.9. The summed E-state index contributed by atoms with van der Waals surface area (Å²) in [6.45, 7) is 10.9. The minimum Gasteiger partial charge on any atom is -0.441 e. The van der Waals surface area contributed by atoms with Crippen LogP contribution in [-0.4, -0.2) is 47.0 Å². The number of nitrogens with zero attached hydrogens (tertiary/aromatic N) is 2. The molecule has 0 aromatic heterocycles. The fraction of sp³-hybridized carbons (Fsp3) is 0.462. The summed E-state index contributed by atoms with van der Waals surface area (Å²) < 4.78 is 6.86. The molecule has 2 aromatic carbocycles. The number of carbonyl (C=O) groups excluding carboxylic acids is 2. The lowest BCUT2D eigenvalue weighted by molar-refractivity contribution is 0.00312. The zero-order chi connectivity index (χ0) is 23.1. The highest BCUT2D eigenvalue weighted by Crippen LogP contribution is 2.35. The third kappa shape index (κ3) is 4.70. The zero-order valence-corrected chi connectivity index (χ0v) is 20.9. The van der Waals surface area contributed by atoms with E-state index in [1.165, 1.54) is 5.56 Å². The molecular formula is C26H31BrN2O3. The van der Waals surface area contributed by atoms with Crippen LogP contribution in [-0.2, 0) is 16.7 Å². The highest BCUT2D eigenvalue weighted by atomic mass is 79.9. The number of piperidine rings is 1. The van der Waals surface area contributed by atoms with Gasteiger partial charge in [0.2, 0.25) is 0 Å². The molecule has 2 aromatic rings. The van der Waals surface area contributed by atoms with Crippen LogP contribution in [0.25, 0.3) is 0 Å². The molecule has 0 aliphatic carbocycles. The molecule has 0 N–H and O–H groups in total. The molecule has 2 aliphatic rings. The lowest BCUT2D eigenvalue weighted by Gasteiger charge is -2.37. The van der Waals surface area contributed by atoms with Crippen molar-refractivity contribution in [2.24, 2.45) is 0 Å². The Balaban J connectivity index is 1.37. The first-order chi connectivity index (χ1) is 15.1. The largest absolute Gasteiger partial charge is 0.441 e. The number of likely N-dealkylation sites (tertiary alicyclic amines) is 1. The van der Waals surface area contributed by atoms with Gasteiger partial charge in [-0.1, -0.05) is 61.0 Å². The Morgan fingerprint density at radius 1 is 1.09 bits per heavy atom. The third-order valence-corrected chi connectivity index (χ3v) is 7.49. The fourth-order valence-electron chi connectivity index (χ4n) is 4.48. The molecule has 0 saturated carbocycles. The van der Waals surface area contributed by atoms with Crippen molar-refractivity contribution in [3.63, 3.8) is 0 Å². The van der Waals surface area contributed by atoms with E-state index in [9.17, 15) is 9.59 Å². The van der Waals surface area contributed by atoms with Crippen LogP contribution in [0.2, 0.25) is 0 Å². The van der Waals surface area contributed by atoms with E-state index in [4.69, 9.17) is 4.74 Å². The summed E-state index contributed by atoms with van der Waals surface area (Å²) >= 11 is 3.48. The molecule has 2 fully saturated rings. The Hall–Kier alpha value is -2.34. The lowest BCUT2D eigenvalue weighted by Crippen LogP contribution is -2.48. The van der Waals surface area contributed by atoms with Gasteiger partial charge in [-0.15, -0.1) is 0 Å². The van der Waals surface area contributed by atoms with Crippen molar-refractivity contribution < 1.29 is 14.3 Å². The van der Waals surface area contributed by atoms with Crippen molar-refractivity contribution in [1.29, 1.82) is 0 Å². The second-order valence-corrected chi connectivity index (χ2v) is 11.0. The summed E-state index contributed by atoms with van der Waals surface area (Å²) in [6, 6.07) is 14.2. The second kappa shape index (κ2) is 8.54. The number of amides is 2. The van der Waals surface area contributed by atoms with E-state index in [2.05, 4.69) is 61.0 Å². The summed E-state index contributed by atoms with van der Waals surface area (Å²) in [5.41, 5.74) is 3.74. The monoisotopic (exact) mass is 498 g/mol. The highest BCUT2D eigenvalue weighted by Gasteiger charge is 2.47. The molecule has 0 atom stereocenters. The van der Waals surface area contributed by atoms with Gasteiger partial charge >= 0.3 is 6.09 Å². The van der Waals surface area contributed by atoms with E-state index in [0.29, 0.717) is 44.6 Å². The SMILES string of the molecule is Cc1cc(C(=O)N2CCC3(CC2)CN(Cc2ccc(C(C)(C)C)cc2)C(=O)O3)ccc1Br. The molecular weight excluding hydrogens is 468 g/mol. The topological polar surface area (TPSA) is 49.9 Å². The quantitative estimate of drug-likeness (QED) is 0.546. The molecule has 2 saturated heterocycles. The Labute approximate surface area is 198 Å². The van der Waals surface area contributed by atoms with Crippen LogP contribution < -0.4 is 0 Å². The van der Waals surface area contributed by atoms with Crippen molar-refractivity contribution in [2.75, 3.05) is 19.6 Å². The zero-order valence-electron chi connectivity index (χ0n) is 19.3. The highest BCUT2D eigenvalue weighted by molar-refractivity contribution is 9.10. The van der Waals surface area contributed by atoms with Crippen LogP contribution in [0.4, 0.5) is 4.79 Å². The van der Waals surface area contributed by atoms with E-state index < -0.39 is 5.60 Å². The van der Waals surface area contributed by atoms with Gasteiger partial charge in [0.25, 0.3) is 5.91 Å². The molecule has 0 bridgehead atoms. The van der Waals surface area contributed by atoms with Gasteiger partial charge < -0.3 is 9.64 Å². The van der Waals surface area contributed by atoms with Crippen molar-refractivity contribution in [3.05, 3.63) is 69.2 Å². The standard InChI is InChI=1S/C26H31BrN2O3/c1-18-15-20(7-10-22(18)27)23(30)28-13-11-26(12-14-28)17-29(24(31)32-26)16-19-5-8-21(9-6-19)25(2,3)4/h5-10,15H,11-14,16-17H2,1-4H3. The van der Waals surface area contributed by atoms with E-state index in [0.717, 1.165) is 15.6 Å². The fourth-order valence-corrected chi connectivity index (χ4v) is 4.73. The summed E-state index contributed by atoms with van der Waals surface area (Å²) in [5, 5.41) is 0. The number of aryl methyl sites for hydroxylation is 1. The Bertz CT molecular complexity index is 1020. The molecule has 6 heteroatoms. The number of benzene rings is 2. The van der Waals surface area contributed by atoms with Crippen LogP contribution in [0.3, 0.4) is 0 Å². The minimum atomic E-state index is -0.491. The van der Waals surface area contributed by atoms with E-state index in [-0.39, 0.29) is 17.4 Å². The van der Waals surface area contributed by atoms with Crippen molar-refractivity contribution >= 4 is 27.9 Å². The smallest absolute Gasteiger partial charge is 0.410 e. The number of hydrogen-bond acceptors (Lipinski definition) is 3. The maximum atomic E-state index is 12.9. The third-order valence-electron chi connectivity index (χ3n) is 6.60. The van der Waals surface area contributed by atoms with Gasteiger partial charge in [0.15, 0.2) is 0 Å². The van der Waals surface area contributed by atoms with E-state index in [1.54, 1.807) is 4.90 Å². The molecule has 2 heterocycles. The number of halogens is 1. The van der Waals surface area contributed by atoms with Gasteiger partial charge in [0, 0.05) is 42.5 Å². The molecule has 0 unspecified atom stereocenters. The first-order valence-corrected chi connectivity index (χ1v) is 12.0. The predicted molar refractivity (Wildman–Crippen MR) is 129 cm³/mol. The predicted octanol–water partition coefficient (Wildman–Crippen LogP) is 5.68. The summed E-state index contributed by atoms with van der Waals surface area (Å²) in [6.07, 6.45) is 1.08. The van der Waals surface area contributed by atoms with Crippen LogP contribution in [0.15, 0.2) is 46.9 Å².